The maximum Gasteiger partial charge on any atom is 0.338 e. The number of nitrogens with two attached hydrogens (primary N) is 1. The summed E-state index contributed by atoms with van der Waals surface area (Å²) in [6.07, 6.45) is 5.50. The lowest BCUT2D eigenvalue weighted by molar-refractivity contribution is 0.0697. The number of aryl methyl sites for hydroxylation is 1. The van der Waals surface area contributed by atoms with E-state index >= 15 is 0 Å². The standard InChI is InChI=1S/C12H14N4O3/c1-2-3-16-7-8(5-15-16)19-11-4-9(12(17)18)10(13)6-14-11/h4-7H,2-3,13H2,1H3,(H,17,18). The van der Waals surface area contributed by atoms with Crippen molar-refractivity contribution in [2.24, 2.45) is 0 Å². The SMILES string of the molecule is CCCn1cc(Oc2cc(C(=O)O)c(N)cn2)cn1. The number of nitrogen functional groups attached to an aromatic ring is 1. The Balaban J connectivity index is 2.18. The predicted octanol–water partition coefficient (Wildman–Crippen LogP) is 1.76. The summed E-state index contributed by atoms with van der Waals surface area (Å²) in [7, 11) is 0. The molecule has 0 bridgehead atoms. The lowest BCUT2D eigenvalue weighted by atomic mass is 10.2. The fraction of sp³-hybridized carbons (Fsp3) is 0.250. The zero-order valence-corrected chi connectivity index (χ0v) is 10.4. The van der Waals surface area contributed by atoms with E-state index in [-0.39, 0.29) is 17.1 Å². The van der Waals surface area contributed by atoms with Gasteiger partial charge in [-0.1, -0.05) is 6.92 Å². The van der Waals surface area contributed by atoms with Gasteiger partial charge in [-0.2, -0.15) is 5.10 Å². The minimum Gasteiger partial charge on any atom is -0.478 e. The van der Waals surface area contributed by atoms with Gasteiger partial charge in [0.1, 0.15) is 0 Å². The van der Waals surface area contributed by atoms with Crippen LogP contribution in [-0.2, 0) is 6.54 Å². The van der Waals surface area contributed by atoms with Gasteiger partial charge in [0.25, 0.3) is 0 Å². The van der Waals surface area contributed by atoms with Crippen LogP contribution in [0.15, 0.2) is 24.7 Å². The van der Waals surface area contributed by atoms with Crippen molar-refractivity contribution in [2.75, 3.05) is 5.73 Å². The van der Waals surface area contributed by atoms with Gasteiger partial charge in [0.2, 0.25) is 5.88 Å². The van der Waals surface area contributed by atoms with Gasteiger partial charge in [0, 0.05) is 12.6 Å². The van der Waals surface area contributed by atoms with Gasteiger partial charge in [-0.3, -0.25) is 4.68 Å². The maximum absolute atomic E-state index is 10.9. The molecule has 0 saturated heterocycles. The molecule has 0 aliphatic carbocycles. The van der Waals surface area contributed by atoms with Crippen LogP contribution in [0.1, 0.15) is 23.7 Å². The summed E-state index contributed by atoms with van der Waals surface area (Å²) in [6.45, 7) is 2.84. The molecule has 0 unspecified atom stereocenters. The van der Waals surface area contributed by atoms with Crippen molar-refractivity contribution in [1.29, 1.82) is 0 Å². The molecule has 2 aromatic heterocycles. The molecule has 7 nitrogen and oxygen atoms in total. The number of hydrogen-bond acceptors (Lipinski definition) is 5. The number of carbonyl (C=O) groups is 1. The van der Waals surface area contributed by atoms with Crippen LogP contribution in [0, 0.1) is 0 Å². The quantitative estimate of drug-likeness (QED) is 0.851. The minimum absolute atomic E-state index is 0.0362. The Labute approximate surface area is 109 Å². The third-order valence-electron chi connectivity index (χ3n) is 2.42. The van der Waals surface area contributed by atoms with E-state index in [9.17, 15) is 4.79 Å². The second-order valence-corrected chi connectivity index (χ2v) is 3.96. The van der Waals surface area contributed by atoms with Crippen LogP contribution in [0.3, 0.4) is 0 Å². The van der Waals surface area contributed by atoms with Crippen molar-refractivity contribution in [3.05, 3.63) is 30.2 Å². The molecule has 7 heteroatoms. The second kappa shape index (κ2) is 5.38. The van der Waals surface area contributed by atoms with Crippen molar-refractivity contribution in [3.63, 3.8) is 0 Å². The molecule has 0 radical (unpaired) electrons. The van der Waals surface area contributed by atoms with Crippen molar-refractivity contribution in [1.82, 2.24) is 14.8 Å². The Hall–Kier alpha value is -2.57. The lowest BCUT2D eigenvalue weighted by Crippen LogP contribution is -2.03. The Bertz CT molecular complexity index is 594. The molecule has 0 amide bonds. The first-order valence-electron chi connectivity index (χ1n) is 5.79. The van der Waals surface area contributed by atoms with Crippen molar-refractivity contribution >= 4 is 11.7 Å². The smallest absolute Gasteiger partial charge is 0.338 e. The molecule has 0 atom stereocenters. The fourth-order valence-electron chi connectivity index (χ4n) is 1.56. The van der Waals surface area contributed by atoms with Gasteiger partial charge < -0.3 is 15.6 Å². The lowest BCUT2D eigenvalue weighted by Gasteiger charge is -2.04. The third kappa shape index (κ3) is 3.01. The Morgan fingerprint density at radius 2 is 2.32 bits per heavy atom. The first-order chi connectivity index (χ1) is 9.10. The zero-order valence-electron chi connectivity index (χ0n) is 10.4. The number of ether oxygens (including phenoxy) is 1. The van der Waals surface area contributed by atoms with Gasteiger partial charge in [0.05, 0.1) is 29.8 Å². The first kappa shape index (κ1) is 12.9. The molecule has 100 valence electrons. The van der Waals surface area contributed by atoms with Crippen molar-refractivity contribution < 1.29 is 14.6 Å². The number of carboxylic acid groups (broad SMARTS) is 1. The number of nitrogens with zero attached hydrogens (tertiary/aromatic N) is 3. The van der Waals surface area contributed by atoms with E-state index in [4.69, 9.17) is 15.6 Å². The third-order valence-corrected chi connectivity index (χ3v) is 2.42. The average Bonchev–Trinajstić information content (AvgIpc) is 2.79. The topological polar surface area (TPSA) is 103 Å². The number of pyridine rings is 1. The highest BCUT2D eigenvalue weighted by Crippen LogP contribution is 2.22. The number of carboxylic acids is 1. The van der Waals surface area contributed by atoms with E-state index in [1.54, 1.807) is 17.1 Å². The molecule has 19 heavy (non-hydrogen) atoms. The van der Waals surface area contributed by atoms with Crippen LogP contribution in [0.25, 0.3) is 0 Å². The highest BCUT2D eigenvalue weighted by atomic mass is 16.5. The normalized spacial score (nSPS) is 10.4. The van der Waals surface area contributed by atoms with Crippen LogP contribution >= 0.6 is 0 Å². The van der Waals surface area contributed by atoms with Gasteiger partial charge in [-0.15, -0.1) is 0 Å². The van der Waals surface area contributed by atoms with Crippen LogP contribution in [0.4, 0.5) is 5.69 Å². The Kier molecular flexibility index (Phi) is 3.65. The average molecular weight is 262 g/mol. The molecule has 3 N–H and O–H groups in total. The first-order valence-corrected chi connectivity index (χ1v) is 5.79. The monoisotopic (exact) mass is 262 g/mol. The molecule has 2 heterocycles. The molecule has 0 aromatic carbocycles. The summed E-state index contributed by atoms with van der Waals surface area (Å²) in [5.41, 5.74) is 5.57. The number of anilines is 1. The van der Waals surface area contributed by atoms with E-state index in [1.807, 2.05) is 6.92 Å². The van der Waals surface area contributed by atoms with Crippen molar-refractivity contribution in [3.8, 4) is 11.6 Å². The summed E-state index contributed by atoms with van der Waals surface area (Å²) in [6, 6.07) is 1.29. The van der Waals surface area contributed by atoms with Crippen LogP contribution in [-0.4, -0.2) is 25.8 Å². The Morgan fingerprint density at radius 1 is 1.53 bits per heavy atom. The second-order valence-electron chi connectivity index (χ2n) is 3.96. The number of aromatic nitrogens is 3. The van der Waals surface area contributed by atoms with Gasteiger partial charge >= 0.3 is 5.97 Å². The molecule has 2 rings (SSSR count). The molecule has 0 aliphatic rings. The van der Waals surface area contributed by atoms with Crippen molar-refractivity contribution in [2.45, 2.75) is 19.9 Å². The minimum atomic E-state index is -1.12. The summed E-state index contributed by atoms with van der Waals surface area (Å²) < 4.78 is 7.18. The summed E-state index contributed by atoms with van der Waals surface area (Å²) in [5.74, 6) is -0.448. The van der Waals surface area contributed by atoms with Gasteiger partial charge in [0.15, 0.2) is 5.75 Å². The largest absolute Gasteiger partial charge is 0.478 e. The van der Waals surface area contributed by atoms with E-state index in [0.29, 0.717) is 5.75 Å². The molecular weight excluding hydrogens is 248 g/mol. The van der Waals surface area contributed by atoms with E-state index < -0.39 is 5.97 Å². The van der Waals surface area contributed by atoms with Gasteiger partial charge in [-0.25, -0.2) is 9.78 Å². The highest BCUT2D eigenvalue weighted by Gasteiger charge is 2.11. The van der Waals surface area contributed by atoms with Crippen LogP contribution < -0.4 is 10.5 Å². The summed E-state index contributed by atoms with van der Waals surface area (Å²) in [4.78, 5) is 14.9. The summed E-state index contributed by atoms with van der Waals surface area (Å²) >= 11 is 0. The predicted molar refractivity (Wildman–Crippen MR) is 68.2 cm³/mol. The molecule has 0 fully saturated rings. The molecule has 0 spiro atoms. The number of aromatic carboxylic acids is 1. The molecule has 0 aliphatic heterocycles. The highest BCUT2D eigenvalue weighted by molar-refractivity contribution is 5.93. The number of rotatable bonds is 5. The molecular formula is C12H14N4O3. The maximum atomic E-state index is 10.9. The molecule has 0 saturated carbocycles. The van der Waals surface area contributed by atoms with Gasteiger partial charge in [-0.05, 0) is 6.42 Å². The number of hydrogen-bond donors (Lipinski definition) is 2. The zero-order chi connectivity index (χ0) is 13.8. The molecule has 2 aromatic rings. The van der Waals surface area contributed by atoms with Crippen LogP contribution in [0.5, 0.6) is 11.6 Å². The van der Waals surface area contributed by atoms with E-state index in [1.165, 1.54) is 12.3 Å². The Morgan fingerprint density at radius 3 is 3.00 bits per heavy atom. The van der Waals surface area contributed by atoms with Crippen LogP contribution in [0.2, 0.25) is 0 Å². The fourth-order valence-corrected chi connectivity index (χ4v) is 1.56. The van der Waals surface area contributed by atoms with E-state index in [2.05, 4.69) is 10.1 Å². The van der Waals surface area contributed by atoms with E-state index in [0.717, 1.165) is 13.0 Å². The summed E-state index contributed by atoms with van der Waals surface area (Å²) in [5, 5.41) is 13.1.